The van der Waals surface area contributed by atoms with E-state index < -0.39 is 18.2 Å². The van der Waals surface area contributed by atoms with Crippen LogP contribution in [0.25, 0.3) is 0 Å². The van der Waals surface area contributed by atoms with Crippen molar-refractivity contribution in [2.45, 2.75) is 70.2 Å². The van der Waals surface area contributed by atoms with Crippen molar-refractivity contribution in [3.05, 3.63) is 0 Å². The molecule has 4 atom stereocenters. The van der Waals surface area contributed by atoms with Crippen LogP contribution in [0.3, 0.4) is 0 Å². The molecule has 108 valence electrons. The minimum absolute atomic E-state index is 0.218. The standard InChI is InChI=1S/C13H22N2O4/c1-8-4-3-5-9(2)15(8)14-12(16)10-6-7-11(19-10)13(17)18/h8-11H,3-7H2,1-2H3,(H,14,16)(H,17,18)/t8?,9?,10-,11+/m0/s1. The first-order valence-electron chi connectivity index (χ1n) is 6.96. The second-order valence-corrected chi connectivity index (χ2v) is 5.54. The molecule has 0 aromatic carbocycles. The largest absolute Gasteiger partial charge is 0.479 e. The number of aliphatic carboxylic acids is 1. The van der Waals surface area contributed by atoms with Gasteiger partial charge in [-0.3, -0.25) is 10.2 Å². The highest BCUT2D eigenvalue weighted by Crippen LogP contribution is 2.23. The highest BCUT2D eigenvalue weighted by atomic mass is 16.5. The van der Waals surface area contributed by atoms with E-state index in [2.05, 4.69) is 19.3 Å². The average Bonchev–Trinajstić information content (AvgIpc) is 2.83. The third-order valence-electron chi connectivity index (χ3n) is 4.02. The Morgan fingerprint density at radius 2 is 1.68 bits per heavy atom. The molecule has 2 fully saturated rings. The Morgan fingerprint density at radius 3 is 2.21 bits per heavy atom. The minimum atomic E-state index is -0.991. The van der Waals surface area contributed by atoms with E-state index in [-0.39, 0.29) is 5.91 Å². The zero-order valence-corrected chi connectivity index (χ0v) is 11.5. The normalized spacial score (nSPS) is 36.1. The Balaban J connectivity index is 1.89. The summed E-state index contributed by atoms with van der Waals surface area (Å²) >= 11 is 0. The third kappa shape index (κ3) is 3.25. The third-order valence-corrected chi connectivity index (χ3v) is 4.02. The molecular formula is C13H22N2O4. The lowest BCUT2D eigenvalue weighted by Gasteiger charge is -2.39. The van der Waals surface area contributed by atoms with E-state index in [1.165, 1.54) is 6.42 Å². The molecule has 0 aromatic heterocycles. The fourth-order valence-electron chi connectivity index (χ4n) is 2.85. The highest BCUT2D eigenvalue weighted by Gasteiger charge is 2.36. The summed E-state index contributed by atoms with van der Waals surface area (Å²) < 4.78 is 5.26. The van der Waals surface area contributed by atoms with Crippen molar-refractivity contribution in [3.63, 3.8) is 0 Å². The van der Waals surface area contributed by atoms with Gasteiger partial charge < -0.3 is 9.84 Å². The summed E-state index contributed by atoms with van der Waals surface area (Å²) in [5.74, 6) is -1.21. The van der Waals surface area contributed by atoms with Crippen molar-refractivity contribution in [1.29, 1.82) is 0 Å². The van der Waals surface area contributed by atoms with Crippen LogP contribution in [0.5, 0.6) is 0 Å². The molecule has 0 aliphatic carbocycles. The smallest absolute Gasteiger partial charge is 0.332 e. The summed E-state index contributed by atoms with van der Waals surface area (Å²) in [4.78, 5) is 22.9. The van der Waals surface area contributed by atoms with Crippen LogP contribution in [0.2, 0.25) is 0 Å². The van der Waals surface area contributed by atoms with Gasteiger partial charge in [0.1, 0.15) is 6.10 Å². The van der Waals surface area contributed by atoms with Gasteiger partial charge >= 0.3 is 5.97 Å². The predicted molar refractivity (Wildman–Crippen MR) is 68.3 cm³/mol. The number of hydrazine groups is 1. The Bertz CT molecular complexity index is 351. The van der Waals surface area contributed by atoms with E-state index in [1.807, 2.05) is 5.01 Å². The maximum Gasteiger partial charge on any atom is 0.332 e. The number of carboxylic acid groups (broad SMARTS) is 1. The summed E-state index contributed by atoms with van der Waals surface area (Å²) in [6, 6.07) is 0.619. The van der Waals surface area contributed by atoms with E-state index in [1.54, 1.807) is 0 Å². The van der Waals surface area contributed by atoms with Gasteiger partial charge in [0, 0.05) is 12.1 Å². The number of carbonyl (C=O) groups excluding carboxylic acids is 1. The zero-order valence-electron chi connectivity index (χ0n) is 11.5. The van der Waals surface area contributed by atoms with Crippen LogP contribution < -0.4 is 5.43 Å². The van der Waals surface area contributed by atoms with Crippen LogP contribution in [-0.2, 0) is 14.3 Å². The van der Waals surface area contributed by atoms with Gasteiger partial charge in [-0.05, 0) is 39.5 Å². The SMILES string of the molecule is CC1CCCC(C)N1NC(=O)[C@@H]1CC[C@H](C(=O)O)O1. The van der Waals surface area contributed by atoms with Crippen LogP contribution in [0.4, 0.5) is 0 Å². The number of ether oxygens (including phenoxy) is 1. The van der Waals surface area contributed by atoms with E-state index >= 15 is 0 Å². The van der Waals surface area contributed by atoms with Crippen molar-refractivity contribution in [3.8, 4) is 0 Å². The summed E-state index contributed by atoms with van der Waals surface area (Å²) in [6.45, 7) is 4.18. The maximum absolute atomic E-state index is 12.1. The van der Waals surface area contributed by atoms with Gasteiger partial charge in [-0.15, -0.1) is 0 Å². The molecule has 2 aliphatic heterocycles. The average molecular weight is 270 g/mol. The van der Waals surface area contributed by atoms with Gasteiger partial charge in [0.25, 0.3) is 5.91 Å². The van der Waals surface area contributed by atoms with Crippen LogP contribution in [0.1, 0.15) is 46.0 Å². The van der Waals surface area contributed by atoms with E-state index in [9.17, 15) is 9.59 Å². The molecule has 0 saturated carbocycles. The Kier molecular flexibility index (Phi) is 4.42. The molecule has 2 rings (SSSR count). The van der Waals surface area contributed by atoms with Crippen molar-refractivity contribution in [2.75, 3.05) is 0 Å². The lowest BCUT2D eigenvalue weighted by atomic mass is 10.00. The first kappa shape index (κ1) is 14.3. The summed E-state index contributed by atoms with van der Waals surface area (Å²) in [6.07, 6.45) is 2.70. The van der Waals surface area contributed by atoms with Gasteiger partial charge in [0.2, 0.25) is 0 Å². The first-order valence-corrected chi connectivity index (χ1v) is 6.96. The molecule has 19 heavy (non-hydrogen) atoms. The fourth-order valence-corrected chi connectivity index (χ4v) is 2.85. The molecule has 0 radical (unpaired) electrons. The van der Waals surface area contributed by atoms with Gasteiger partial charge in [-0.25, -0.2) is 9.80 Å². The zero-order chi connectivity index (χ0) is 14.0. The quantitative estimate of drug-likeness (QED) is 0.797. The topological polar surface area (TPSA) is 78.9 Å². The number of nitrogens with one attached hydrogen (secondary N) is 1. The molecule has 2 unspecified atom stereocenters. The van der Waals surface area contributed by atoms with Gasteiger partial charge in [-0.2, -0.15) is 0 Å². The number of hydrogen-bond donors (Lipinski definition) is 2. The van der Waals surface area contributed by atoms with Gasteiger partial charge in [0.15, 0.2) is 6.10 Å². The summed E-state index contributed by atoms with van der Waals surface area (Å²) in [5, 5.41) is 10.8. The predicted octanol–water partition coefficient (Wildman–Crippen LogP) is 0.913. The number of nitrogens with zero attached hydrogens (tertiary/aromatic N) is 1. The van der Waals surface area contributed by atoms with Gasteiger partial charge in [-0.1, -0.05) is 6.42 Å². The number of carbonyl (C=O) groups is 2. The fraction of sp³-hybridized carbons (Fsp3) is 0.846. The number of carboxylic acids is 1. The Labute approximate surface area is 113 Å². The van der Waals surface area contributed by atoms with E-state index in [4.69, 9.17) is 9.84 Å². The van der Waals surface area contributed by atoms with Crippen LogP contribution in [0.15, 0.2) is 0 Å². The molecule has 0 aromatic rings. The van der Waals surface area contributed by atoms with Gasteiger partial charge in [0.05, 0.1) is 0 Å². The van der Waals surface area contributed by atoms with E-state index in [0.29, 0.717) is 24.9 Å². The first-order chi connectivity index (χ1) is 8.99. The molecule has 0 bridgehead atoms. The number of hydrogen-bond acceptors (Lipinski definition) is 4. The second-order valence-electron chi connectivity index (χ2n) is 5.54. The molecule has 6 heteroatoms. The number of amides is 1. The Morgan fingerprint density at radius 1 is 1.11 bits per heavy atom. The number of piperidine rings is 1. The lowest BCUT2D eigenvalue weighted by molar-refractivity contribution is -0.153. The maximum atomic E-state index is 12.1. The van der Waals surface area contributed by atoms with Crippen molar-refractivity contribution in [2.24, 2.45) is 0 Å². The van der Waals surface area contributed by atoms with Crippen LogP contribution >= 0.6 is 0 Å². The van der Waals surface area contributed by atoms with E-state index in [0.717, 1.165) is 12.8 Å². The molecule has 2 heterocycles. The molecule has 0 spiro atoms. The molecule has 6 nitrogen and oxygen atoms in total. The second kappa shape index (κ2) is 5.88. The van der Waals surface area contributed by atoms with Crippen molar-refractivity contribution < 1.29 is 19.4 Å². The minimum Gasteiger partial charge on any atom is -0.479 e. The summed E-state index contributed by atoms with van der Waals surface area (Å²) in [5.41, 5.74) is 2.90. The molecular weight excluding hydrogens is 248 g/mol. The Hall–Kier alpha value is -1.14. The summed E-state index contributed by atoms with van der Waals surface area (Å²) in [7, 11) is 0. The monoisotopic (exact) mass is 270 g/mol. The molecule has 2 saturated heterocycles. The highest BCUT2D eigenvalue weighted by molar-refractivity contribution is 5.82. The number of rotatable bonds is 3. The lowest BCUT2D eigenvalue weighted by Crippen LogP contribution is -2.56. The molecule has 2 N–H and O–H groups in total. The molecule has 1 amide bonds. The van der Waals surface area contributed by atoms with Crippen molar-refractivity contribution >= 4 is 11.9 Å². The molecule has 2 aliphatic rings. The van der Waals surface area contributed by atoms with Crippen molar-refractivity contribution in [1.82, 2.24) is 10.4 Å². The van der Waals surface area contributed by atoms with Crippen LogP contribution in [0, 0.1) is 0 Å². The van der Waals surface area contributed by atoms with Crippen LogP contribution in [-0.4, -0.2) is 46.3 Å².